The minimum atomic E-state index is -3.93. The number of quaternary nitrogens is 1. The van der Waals surface area contributed by atoms with Gasteiger partial charge in [0, 0.05) is 12.0 Å². The van der Waals surface area contributed by atoms with Crippen LogP contribution < -0.4 is 9.44 Å². The number of benzene rings is 1. The van der Waals surface area contributed by atoms with Gasteiger partial charge in [0.15, 0.2) is 0 Å². The van der Waals surface area contributed by atoms with Crippen molar-refractivity contribution in [3.8, 4) is 11.8 Å². The molecule has 1 atom stereocenters. The van der Waals surface area contributed by atoms with Crippen LogP contribution in [0.5, 0.6) is 0 Å². The molecule has 0 amide bonds. The first-order valence-electron chi connectivity index (χ1n) is 9.92. The molecule has 0 spiro atoms. The Balaban J connectivity index is 2.77. The molecule has 0 aliphatic carbocycles. The van der Waals surface area contributed by atoms with Gasteiger partial charge in [-0.05, 0) is 24.6 Å². The van der Waals surface area contributed by atoms with E-state index in [1.165, 1.54) is 19.3 Å². The zero-order valence-electron chi connectivity index (χ0n) is 17.9. The molecule has 1 rings (SSSR count). The van der Waals surface area contributed by atoms with Crippen molar-refractivity contribution in [1.29, 1.82) is 0 Å². The number of nitrogens with zero attached hydrogens (tertiary/aromatic N) is 1. The molecular formula is C21H34N3O4S+. The van der Waals surface area contributed by atoms with E-state index in [-0.39, 0.29) is 6.42 Å². The highest BCUT2D eigenvalue weighted by Gasteiger charge is 2.25. The van der Waals surface area contributed by atoms with E-state index in [9.17, 15) is 13.2 Å². The Morgan fingerprint density at radius 3 is 2.55 bits per heavy atom. The van der Waals surface area contributed by atoms with Gasteiger partial charge >= 0.3 is 5.97 Å². The lowest BCUT2D eigenvalue weighted by Crippen LogP contribution is -2.50. The van der Waals surface area contributed by atoms with Crippen molar-refractivity contribution in [2.24, 2.45) is 0 Å². The highest BCUT2D eigenvalue weighted by Crippen LogP contribution is 2.12. The molecule has 0 saturated heterocycles. The van der Waals surface area contributed by atoms with Crippen molar-refractivity contribution in [1.82, 2.24) is 4.72 Å². The molecule has 0 fully saturated rings. The zero-order valence-corrected chi connectivity index (χ0v) is 18.7. The summed E-state index contributed by atoms with van der Waals surface area (Å²) in [5.74, 6) is 5.13. The van der Waals surface area contributed by atoms with Gasteiger partial charge in [0.1, 0.15) is 0 Å². The monoisotopic (exact) mass is 424 g/mol. The average molecular weight is 425 g/mol. The summed E-state index contributed by atoms with van der Waals surface area (Å²) < 4.78 is 30.3. The maximum absolute atomic E-state index is 12.5. The van der Waals surface area contributed by atoms with E-state index in [1.54, 1.807) is 18.2 Å². The molecule has 29 heavy (non-hydrogen) atoms. The molecule has 0 aromatic heterocycles. The summed E-state index contributed by atoms with van der Waals surface area (Å²) in [6, 6.07) is 6.15. The van der Waals surface area contributed by atoms with Crippen molar-refractivity contribution in [2.45, 2.75) is 51.5 Å². The summed E-state index contributed by atoms with van der Waals surface area (Å²) in [6.45, 7) is 2.51. The number of aliphatic carboxylic acids is 1. The fourth-order valence-electron chi connectivity index (χ4n) is 2.88. The number of rotatable bonds is 12. The predicted molar refractivity (Wildman–Crippen MR) is 117 cm³/mol. The fourth-order valence-corrected chi connectivity index (χ4v) is 3.98. The molecule has 0 saturated carbocycles. The number of carbonyl (C=O) groups is 1. The Labute approximate surface area is 175 Å². The van der Waals surface area contributed by atoms with Crippen LogP contribution in [0.25, 0.3) is 0 Å². The first kappa shape index (κ1) is 25.0. The Bertz CT molecular complexity index is 820. The second-order valence-electron chi connectivity index (χ2n) is 8.18. The Hall–Kier alpha value is -2.08. The van der Waals surface area contributed by atoms with E-state index in [0.717, 1.165) is 18.4 Å². The van der Waals surface area contributed by atoms with Crippen LogP contribution in [0, 0.1) is 11.8 Å². The number of nitrogens with one attached hydrogen (secondary N) is 2. The first-order chi connectivity index (χ1) is 13.5. The van der Waals surface area contributed by atoms with E-state index in [4.69, 9.17) is 5.11 Å². The Morgan fingerprint density at radius 1 is 1.21 bits per heavy atom. The van der Waals surface area contributed by atoms with Crippen molar-refractivity contribution in [3.63, 3.8) is 0 Å². The third-order valence-corrected chi connectivity index (χ3v) is 5.16. The van der Waals surface area contributed by atoms with Crippen LogP contribution in [-0.4, -0.2) is 57.7 Å². The van der Waals surface area contributed by atoms with E-state index in [1.807, 2.05) is 27.2 Å². The number of unbranched alkanes of at least 4 members (excludes halogenated alkanes) is 4. The zero-order chi connectivity index (χ0) is 21.9. The van der Waals surface area contributed by atoms with Crippen LogP contribution in [-0.2, 0) is 15.0 Å². The molecule has 0 aliphatic heterocycles. The lowest BCUT2D eigenvalue weighted by molar-refractivity contribution is -0.871. The van der Waals surface area contributed by atoms with E-state index < -0.39 is 22.2 Å². The van der Waals surface area contributed by atoms with Gasteiger partial charge in [-0.25, -0.2) is 0 Å². The van der Waals surface area contributed by atoms with Gasteiger partial charge in [-0.2, -0.15) is 13.1 Å². The van der Waals surface area contributed by atoms with Gasteiger partial charge in [-0.1, -0.05) is 44.1 Å². The standard InChI is InChI=1S/C21H33N3O4S/c1-5-6-7-8-9-10-12-18-13-11-14-19(15-18)22-29(27,28)23-20(16-21(25)26)17-24(2,3)4/h11,13-15,20,22-23H,5-9,16-17H2,1-4H3/p+1/t20-/m1/s1. The molecule has 0 radical (unpaired) electrons. The van der Waals surface area contributed by atoms with Crippen molar-refractivity contribution < 1.29 is 22.8 Å². The second-order valence-corrected chi connectivity index (χ2v) is 9.63. The summed E-state index contributed by atoms with van der Waals surface area (Å²) in [7, 11) is 1.70. The number of likely N-dealkylation sites (N-methyl/N-ethyl adjacent to an activating group) is 1. The minimum absolute atomic E-state index is 0.292. The van der Waals surface area contributed by atoms with Crippen LogP contribution in [0.4, 0.5) is 5.69 Å². The summed E-state index contributed by atoms with van der Waals surface area (Å²) in [6.07, 6.45) is 5.16. The van der Waals surface area contributed by atoms with E-state index >= 15 is 0 Å². The van der Waals surface area contributed by atoms with Gasteiger partial charge in [-0.15, -0.1) is 0 Å². The molecule has 0 aliphatic rings. The average Bonchev–Trinajstić information content (AvgIpc) is 2.55. The van der Waals surface area contributed by atoms with Gasteiger partial charge in [-0.3, -0.25) is 9.52 Å². The predicted octanol–water partition coefficient (Wildman–Crippen LogP) is 2.80. The molecule has 0 bridgehead atoms. The van der Waals surface area contributed by atoms with Crippen LogP contribution in [0.3, 0.4) is 0 Å². The molecule has 1 aromatic carbocycles. The third-order valence-electron chi connectivity index (χ3n) is 4.01. The smallest absolute Gasteiger partial charge is 0.305 e. The van der Waals surface area contributed by atoms with Crippen molar-refractivity contribution >= 4 is 21.9 Å². The number of hydrogen-bond donors (Lipinski definition) is 3. The summed E-state index contributed by atoms with van der Waals surface area (Å²) >= 11 is 0. The van der Waals surface area contributed by atoms with Crippen LogP contribution in [0.2, 0.25) is 0 Å². The molecule has 162 valence electrons. The topological polar surface area (TPSA) is 95.5 Å². The summed E-state index contributed by atoms with van der Waals surface area (Å²) in [4.78, 5) is 11.1. The third kappa shape index (κ3) is 12.2. The SMILES string of the molecule is CCCCCCC#Cc1cccc(NS(=O)(=O)N[C@H](CC(=O)O)C[N+](C)(C)C)c1. The normalized spacial score (nSPS) is 12.7. The molecule has 3 N–H and O–H groups in total. The first-order valence-corrected chi connectivity index (χ1v) is 11.4. The molecule has 8 heteroatoms. The number of anilines is 1. The lowest BCUT2D eigenvalue weighted by Gasteiger charge is -2.29. The summed E-state index contributed by atoms with van der Waals surface area (Å²) in [5, 5.41) is 9.08. The van der Waals surface area contributed by atoms with E-state index in [2.05, 4.69) is 28.2 Å². The number of carboxylic acids is 1. The van der Waals surface area contributed by atoms with Crippen LogP contribution >= 0.6 is 0 Å². The molecule has 1 aromatic rings. The van der Waals surface area contributed by atoms with Gasteiger partial charge in [0.2, 0.25) is 0 Å². The largest absolute Gasteiger partial charge is 0.481 e. The summed E-state index contributed by atoms with van der Waals surface area (Å²) in [5.41, 5.74) is 1.11. The number of hydrogen-bond acceptors (Lipinski definition) is 3. The van der Waals surface area contributed by atoms with Crippen molar-refractivity contribution in [2.75, 3.05) is 32.4 Å². The second kappa shape index (κ2) is 11.8. The Morgan fingerprint density at radius 2 is 1.93 bits per heavy atom. The van der Waals surface area contributed by atoms with Crippen LogP contribution in [0.15, 0.2) is 24.3 Å². The van der Waals surface area contributed by atoms with Gasteiger partial charge in [0.05, 0.1) is 45.8 Å². The molecule has 0 unspecified atom stereocenters. The fraction of sp³-hybridized carbons (Fsp3) is 0.571. The maximum atomic E-state index is 12.5. The van der Waals surface area contributed by atoms with Crippen LogP contribution in [0.1, 0.15) is 51.0 Å². The number of carboxylic acid groups (broad SMARTS) is 1. The molecular weight excluding hydrogens is 390 g/mol. The lowest BCUT2D eigenvalue weighted by atomic mass is 10.1. The highest BCUT2D eigenvalue weighted by molar-refractivity contribution is 7.90. The highest BCUT2D eigenvalue weighted by atomic mass is 32.2. The van der Waals surface area contributed by atoms with Gasteiger partial charge in [0.25, 0.3) is 10.2 Å². The van der Waals surface area contributed by atoms with E-state index in [0.29, 0.717) is 16.7 Å². The van der Waals surface area contributed by atoms with Crippen molar-refractivity contribution in [3.05, 3.63) is 29.8 Å². The van der Waals surface area contributed by atoms with Gasteiger partial charge < -0.3 is 9.59 Å². The molecule has 7 nitrogen and oxygen atoms in total. The quantitative estimate of drug-likeness (QED) is 0.273. The maximum Gasteiger partial charge on any atom is 0.305 e. The minimum Gasteiger partial charge on any atom is -0.481 e. The Kier molecular flexibility index (Phi) is 10.2. The molecule has 0 heterocycles.